The van der Waals surface area contributed by atoms with Gasteiger partial charge in [0.2, 0.25) is 0 Å². The second-order valence-electron chi connectivity index (χ2n) is 4.57. The SMILES string of the molecule is CC(C)c1ccc(S(=O)(=O)Oc2ccccc2)cc1.[KH]. The van der Waals surface area contributed by atoms with Gasteiger partial charge in [-0.15, -0.1) is 0 Å². The van der Waals surface area contributed by atoms with Crippen LogP contribution in [0.3, 0.4) is 0 Å². The van der Waals surface area contributed by atoms with Crippen LogP contribution >= 0.6 is 0 Å². The van der Waals surface area contributed by atoms with Gasteiger partial charge in [0.05, 0.1) is 0 Å². The van der Waals surface area contributed by atoms with Gasteiger partial charge < -0.3 is 4.18 Å². The van der Waals surface area contributed by atoms with Crippen LogP contribution in [-0.4, -0.2) is 59.8 Å². The number of hydrogen-bond donors (Lipinski definition) is 0. The number of para-hydroxylation sites is 1. The Labute approximate surface area is 162 Å². The second-order valence-corrected chi connectivity index (χ2v) is 6.12. The molecule has 0 atom stereocenters. The summed E-state index contributed by atoms with van der Waals surface area (Å²) in [5, 5.41) is 0. The molecule has 0 aliphatic heterocycles. The van der Waals surface area contributed by atoms with Crippen LogP contribution in [0.4, 0.5) is 0 Å². The fraction of sp³-hybridized carbons (Fsp3) is 0.200. The van der Waals surface area contributed by atoms with Crippen LogP contribution in [0.1, 0.15) is 25.3 Å². The molecule has 0 aliphatic carbocycles. The summed E-state index contributed by atoms with van der Waals surface area (Å²) in [6, 6.07) is 15.3. The van der Waals surface area contributed by atoms with Crippen molar-refractivity contribution in [3.63, 3.8) is 0 Å². The Hall–Kier alpha value is -0.174. The maximum atomic E-state index is 12.1. The van der Waals surface area contributed by atoms with Gasteiger partial charge in [-0.3, -0.25) is 0 Å². The van der Waals surface area contributed by atoms with E-state index in [0.717, 1.165) is 5.56 Å². The molecule has 2 aromatic rings. The third-order valence-electron chi connectivity index (χ3n) is 2.78. The minimum absolute atomic E-state index is 0. The molecule has 0 bridgehead atoms. The Morgan fingerprint density at radius 2 is 1.45 bits per heavy atom. The molecule has 102 valence electrons. The average molecular weight is 316 g/mol. The molecule has 0 aromatic heterocycles. The predicted octanol–water partition coefficient (Wildman–Crippen LogP) is 2.93. The van der Waals surface area contributed by atoms with Gasteiger partial charge in [0.25, 0.3) is 0 Å². The zero-order chi connectivity index (χ0) is 13.9. The molecule has 0 fully saturated rings. The molecule has 0 saturated heterocycles. The first-order valence-electron chi connectivity index (χ1n) is 6.08. The van der Waals surface area contributed by atoms with E-state index >= 15 is 0 Å². The fourth-order valence-corrected chi connectivity index (χ4v) is 2.60. The first kappa shape index (κ1) is 17.9. The molecule has 2 aromatic carbocycles. The molecule has 0 saturated carbocycles. The van der Waals surface area contributed by atoms with Crippen molar-refractivity contribution in [2.75, 3.05) is 0 Å². The Bertz CT molecular complexity index is 635. The van der Waals surface area contributed by atoms with E-state index in [2.05, 4.69) is 13.8 Å². The first-order chi connectivity index (χ1) is 8.99. The van der Waals surface area contributed by atoms with E-state index in [1.165, 1.54) is 0 Å². The van der Waals surface area contributed by atoms with E-state index in [1.807, 2.05) is 12.1 Å². The first-order valence-corrected chi connectivity index (χ1v) is 7.49. The summed E-state index contributed by atoms with van der Waals surface area (Å²) in [5.41, 5.74) is 1.10. The second kappa shape index (κ2) is 7.73. The van der Waals surface area contributed by atoms with E-state index in [0.29, 0.717) is 11.7 Å². The summed E-state index contributed by atoms with van der Waals surface area (Å²) in [6.45, 7) is 4.12. The van der Waals surface area contributed by atoms with Gasteiger partial charge in [0.15, 0.2) is 0 Å². The standard InChI is InChI=1S/C15H16O3S.K.H/c1-12(2)13-8-10-15(11-9-13)19(16,17)18-14-6-4-3-5-7-14;;/h3-12H,1-2H3;;. The van der Waals surface area contributed by atoms with Gasteiger partial charge in [-0.05, 0) is 35.7 Å². The van der Waals surface area contributed by atoms with Gasteiger partial charge in [-0.25, -0.2) is 0 Å². The average Bonchev–Trinajstić information content (AvgIpc) is 2.39. The molecule has 3 nitrogen and oxygen atoms in total. The van der Waals surface area contributed by atoms with Crippen molar-refractivity contribution in [1.29, 1.82) is 0 Å². The third kappa shape index (κ3) is 4.68. The molecule has 0 aliphatic rings. The normalized spacial score (nSPS) is 10.9. The molecule has 0 N–H and O–H groups in total. The van der Waals surface area contributed by atoms with Crippen LogP contribution in [0, 0.1) is 0 Å². The van der Waals surface area contributed by atoms with Crippen molar-refractivity contribution in [3.05, 3.63) is 60.2 Å². The molecule has 0 spiro atoms. The van der Waals surface area contributed by atoms with Crippen LogP contribution < -0.4 is 4.18 Å². The van der Waals surface area contributed by atoms with E-state index in [-0.39, 0.29) is 56.3 Å². The summed E-state index contributed by atoms with van der Waals surface area (Å²) in [5.74, 6) is 0.683. The van der Waals surface area contributed by atoms with Crippen molar-refractivity contribution in [1.82, 2.24) is 0 Å². The Morgan fingerprint density at radius 1 is 0.900 bits per heavy atom. The topological polar surface area (TPSA) is 43.4 Å². The van der Waals surface area contributed by atoms with Gasteiger partial charge in [-0.1, -0.05) is 44.2 Å². The molecule has 0 heterocycles. The van der Waals surface area contributed by atoms with Gasteiger partial charge in [0, 0.05) is 0 Å². The van der Waals surface area contributed by atoms with E-state index in [1.54, 1.807) is 42.5 Å². The number of rotatable bonds is 4. The summed E-state index contributed by atoms with van der Waals surface area (Å²) in [6.07, 6.45) is 0. The summed E-state index contributed by atoms with van der Waals surface area (Å²) in [7, 11) is -3.76. The Morgan fingerprint density at radius 3 is 1.95 bits per heavy atom. The molecule has 20 heavy (non-hydrogen) atoms. The van der Waals surface area contributed by atoms with E-state index in [9.17, 15) is 8.42 Å². The maximum absolute atomic E-state index is 12.1. The molecule has 2 rings (SSSR count). The quantitative estimate of drug-likeness (QED) is 0.643. The van der Waals surface area contributed by atoms with Crippen LogP contribution in [0.25, 0.3) is 0 Å². The molecule has 0 unspecified atom stereocenters. The minimum atomic E-state index is -3.76. The number of benzene rings is 2. The molecule has 5 heteroatoms. The van der Waals surface area contributed by atoms with Crippen LogP contribution in [0.2, 0.25) is 0 Å². The van der Waals surface area contributed by atoms with Crippen LogP contribution in [0.15, 0.2) is 59.5 Å². The number of hydrogen-bond acceptors (Lipinski definition) is 3. The predicted molar refractivity (Wildman–Crippen MR) is 81.9 cm³/mol. The van der Waals surface area contributed by atoms with Crippen molar-refractivity contribution in [2.45, 2.75) is 24.7 Å². The van der Waals surface area contributed by atoms with Gasteiger partial charge in [0.1, 0.15) is 10.6 Å². The van der Waals surface area contributed by atoms with Gasteiger partial charge >= 0.3 is 61.5 Å². The molecule has 0 radical (unpaired) electrons. The molecular formula is C15H17KO3S. The zero-order valence-electron chi connectivity index (χ0n) is 10.9. The zero-order valence-corrected chi connectivity index (χ0v) is 11.7. The molecule has 0 amide bonds. The van der Waals surface area contributed by atoms with Crippen molar-refractivity contribution in [3.8, 4) is 5.75 Å². The fourth-order valence-electron chi connectivity index (χ4n) is 1.67. The van der Waals surface area contributed by atoms with E-state index in [4.69, 9.17) is 4.18 Å². The summed E-state index contributed by atoms with van der Waals surface area (Å²) < 4.78 is 29.2. The summed E-state index contributed by atoms with van der Waals surface area (Å²) in [4.78, 5) is 0.167. The van der Waals surface area contributed by atoms with Crippen molar-refractivity contribution < 1.29 is 12.6 Å². The van der Waals surface area contributed by atoms with Gasteiger partial charge in [-0.2, -0.15) is 8.42 Å². The van der Waals surface area contributed by atoms with Crippen molar-refractivity contribution in [2.24, 2.45) is 0 Å². The Balaban J connectivity index is 0.00000200. The van der Waals surface area contributed by atoms with Crippen LogP contribution in [0.5, 0.6) is 5.75 Å². The monoisotopic (exact) mass is 316 g/mol. The summed E-state index contributed by atoms with van der Waals surface area (Å²) >= 11 is 0. The third-order valence-corrected chi connectivity index (χ3v) is 4.05. The van der Waals surface area contributed by atoms with E-state index < -0.39 is 10.1 Å². The van der Waals surface area contributed by atoms with Crippen molar-refractivity contribution >= 4 is 61.5 Å². The Kier molecular flexibility index (Phi) is 6.91. The molecular weight excluding hydrogens is 299 g/mol. The van der Waals surface area contributed by atoms with Crippen LogP contribution in [-0.2, 0) is 10.1 Å².